The number of alkyl carbamates (subject to hydrolysis) is 1. The van der Waals surface area contributed by atoms with E-state index < -0.39 is 17.5 Å². The lowest BCUT2D eigenvalue weighted by Crippen LogP contribution is -2.50. The van der Waals surface area contributed by atoms with Gasteiger partial charge >= 0.3 is 6.09 Å². The first-order chi connectivity index (χ1) is 18.6. The molecular weight excluding hydrogens is 519 g/mol. The molecule has 2 aromatic carbocycles. The monoisotopic (exact) mass is 546 g/mol. The van der Waals surface area contributed by atoms with Gasteiger partial charge < -0.3 is 19.5 Å². The van der Waals surface area contributed by atoms with Crippen molar-refractivity contribution in [1.29, 1.82) is 5.26 Å². The Hall–Kier alpha value is -4.23. The zero-order valence-corrected chi connectivity index (χ0v) is 22.6. The second-order valence-corrected chi connectivity index (χ2v) is 11.5. The summed E-state index contributed by atoms with van der Waals surface area (Å²) in [6, 6.07) is 13.4. The quantitative estimate of drug-likeness (QED) is 0.319. The highest BCUT2D eigenvalue weighted by Gasteiger charge is 2.29. The van der Waals surface area contributed by atoms with E-state index >= 15 is 0 Å². The maximum Gasteiger partial charge on any atom is 0.407 e. The van der Waals surface area contributed by atoms with Crippen LogP contribution >= 0.6 is 11.3 Å². The molecule has 2 aromatic heterocycles. The van der Waals surface area contributed by atoms with Crippen LogP contribution in [0.5, 0.6) is 0 Å². The van der Waals surface area contributed by atoms with E-state index in [2.05, 4.69) is 10.5 Å². The number of benzene rings is 2. The van der Waals surface area contributed by atoms with Gasteiger partial charge in [0, 0.05) is 35.0 Å². The van der Waals surface area contributed by atoms with E-state index in [4.69, 9.17) is 14.5 Å². The van der Waals surface area contributed by atoms with Crippen LogP contribution in [0.3, 0.4) is 0 Å². The maximum absolute atomic E-state index is 14.6. The van der Waals surface area contributed by atoms with Gasteiger partial charge in [-0.15, -0.1) is 11.3 Å². The molecule has 1 saturated heterocycles. The lowest BCUT2D eigenvalue weighted by atomic mass is 10.00. The minimum atomic E-state index is -0.624. The van der Waals surface area contributed by atoms with Crippen molar-refractivity contribution >= 4 is 34.3 Å². The number of halogens is 1. The van der Waals surface area contributed by atoms with Crippen LogP contribution in [0, 0.1) is 17.1 Å². The highest BCUT2D eigenvalue weighted by Crippen LogP contribution is 2.41. The van der Waals surface area contributed by atoms with E-state index in [0.717, 1.165) is 28.7 Å². The maximum atomic E-state index is 14.6. The summed E-state index contributed by atoms with van der Waals surface area (Å²) in [4.78, 5) is 29.0. The number of nitrogens with zero attached hydrogens (tertiary/aromatic N) is 3. The zero-order valence-electron chi connectivity index (χ0n) is 21.8. The van der Waals surface area contributed by atoms with Gasteiger partial charge in [0.15, 0.2) is 5.58 Å². The van der Waals surface area contributed by atoms with Gasteiger partial charge in [0.25, 0.3) is 5.91 Å². The first-order valence-corrected chi connectivity index (χ1v) is 13.4. The fourth-order valence-electron chi connectivity index (χ4n) is 4.62. The molecule has 1 fully saturated rings. The number of likely N-dealkylation sites (tertiary alicyclic amines) is 1. The van der Waals surface area contributed by atoms with Crippen molar-refractivity contribution in [3.63, 3.8) is 0 Å². The topological polar surface area (TPSA) is 108 Å². The van der Waals surface area contributed by atoms with E-state index in [1.165, 1.54) is 23.5 Å². The summed E-state index contributed by atoms with van der Waals surface area (Å²) in [5, 5.41) is 16.7. The number of nitriles is 1. The van der Waals surface area contributed by atoms with E-state index in [1.54, 1.807) is 50.1 Å². The summed E-state index contributed by atoms with van der Waals surface area (Å²) in [5.74, 6) is -0.787. The molecule has 0 bridgehead atoms. The molecule has 200 valence electrons. The predicted molar refractivity (Wildman–Crippen MR) is 146 cm³/mol. The number of nitrogens with one attached hydrogen (secondary N) is 1. The molecule has 5 rings (SSSR count). The van der Waals surface area contributed by atoms with E-state index in [9.17, 15) is 14.0 Å². The largest absolute Gasteiger partial charge is 0.444 e. The van der Waals surface area contributed by atoms with Crippen molar-refractivity contribution in [2.75, 3.05) is 13.1 Å². The summed E-state index contributed by atoms with van der Waals surface area (Å²) in [6.07, 6.45) is 2.59. The molecule has 1 atom stereocenters. The number of hydrogen-bond acceptors (Lipinski definition) is 7. The molecule has 8 nitrogen and oxygen atoms in total. The standard InChI is InChI=1S/C29H27FN4O4S/c1-29(2,3)37-28(36)33-21-5-4-10-34(16-21)27(35)25-13-22(17-6-7-19(14-31)23(30)12-17)26(39-25)18-8-9-24-20(11-18)15-32-38-24/h6-9,11-13,15,21H,4-5,10,16H2,1-3H3,(H,33,36)/t21-/m1/s1. The van der Waals surface area contributed by atoms with Crippen molar-refractivity contribution in [1.82, 2.24) is 15.4 Å². The molecule has 10 heteroatoms. The zero-order chi connectivity index (χ0) is 27.7. The Balaban J connectivity index is 1.46. The van der Waals surface area contributed by atoms with Crippen molar-refractivity contribution < 1.29 is 23.2 Å². The molecule has 39 heavy (non-hydrogen) atoms. The smallest absolute Gasteiger partial charge is 0.407 e. The lowest BCUT2D eigenvalue weighted by molar-refractivity contribution is 0.0453. The number of thiophene rings is 1. The number of amides is 2. The first kappa shape index (κ1) is 26.4. The van der Waals surface area contributed by atoms with Crippen LogP contribution in [0.1, 0.15) is 48.8 Å². The van der Waals surface area contributed by atoms with Gasteiger partial charge in [-0.1, -0.05) is 11.2 Å². The predicted octanol–water partition coefficient (Wildman–Crippen LogP) is 6.36. The Morgan fingerprint density at radius 1 is 1.21 bits per heavy atom. The second kappa shape index (κ2) is 10.5. The van der Waals surface area contributed by atoms with Gasteiger partial charge in [-0.25, -0.2) is 9.18 Å². The Labute approximate surface area is 229 Å². The SMILES string of the molecule is CC(C)(C)OC(=O)N[C@@H]1CCCN(C(=O)c2cc(-c3ccc(C#N)c(F)c3)c(-c3ccc4oncc4c3)s2)C1. The van der Waals surface area contributed by atoms with Crippen LogP contribution in [0.4, 0.5) is 9.18 Å². The molecular formula is C29H27FN4O4S. The van der Waals surface area contributed by atoms with Crippen LogP contribution in [-0.4, -0.2) is 46.8 Å². The minimum Gasteiger partial charge on any atom is -0.444 e. The molecule has 4 aromatic rings. The highest BCUT2D eigenvalue weighted by molar-refractivity contribution is 7.18. The van der Waals surface area contributed by atoms with E-state index in [-0.39, 0.29) is 17.5 Å². The van der Waals surface area contributed by atoms with Crippen LogP contribution in [0.2, 0.25) is 0 Å². The van der Waals surface area contributed by atoms with Crippen molar-refractivity contribution in [3.8, 4) is 27.6 Å². The first-order valence-electron chi connectivity index (χ1n) is 12.6. The number of fused-ring (bicyclic) bond motifs is 1. The molecule has 1 aliphatic rings. The highest BCUT2D eigenvalue weighted by atomic mass is 32.1. The average Bonchev–Trinajstić information content (AvgIpc) is 3.54. The molecule has 2 amide bonds. The third-order valence-corrected chi connectivity index (χ3v) is 7.56. The van der Waals surface area contributed by atoms with Gasteiger partial charge in [-0.2, -0.15) is 5.26 Å². The molecule has 1 N–H and O–H groups in total. The van der Waals surface area contributed by atoms with Crippen LogP contribution in [-0.2, 0) is 4.74 Å². The van der Waals surface area contributed by atoms with Crippen molar-refractivity contribution in [3.05, 3.63) is 64.9 Å². The number of carbonyl (C=O) groups is 2. The minimum absolute atomic E-state index is 0.0467. The molecule has 0 unspecified atom stereocenters. The van der Waals surface area contributed by atoms with Crippen LogP contribution < -0.4 is 5.32 Å². The molecule has 0 saturated carbocycles. The van der Waals surface area contributed by atoms with Crippen molar-refractivity contribution in [2.24, 2.45) is 0 Å². The summed E-state index contributed by atoms with van der Waals surface area (Å²) in [7, 11) is 0. The van der Waals surface area contributed by atoms with Crippen LogP contribution in [0.15, 0.2) is 53.2 Å². The third-order valence-electron chi connectivity index (χ3n) is 6.39. The van der Waals surface area contributed by atoms with Crippen molar-refractivity contribution in [2.45, 2.75) is 45.3 Å². The van der Waals surface area contributed by atoms with E-state index in [0.29, 0.717) is 34.7 Å². The molecule has 1 aliphatic heterocycles. The third kappa shape index (κ3) is 5.78. The van der Waals surface area contributed by atoms with Gasteiger partial charge in [0.1, 0.15) is 17.5 Å². The fourth-order valence-corrected chi connectivity index (χ4v) is 5.77. The van der Waals surface area contributed by atoms with E-state index in [1.807, 2.05) is 18.2 Å². The summed E-state index contributed by atoms with van der Waals surface area (Å²) < 4.78 is 25.2. The molecule has 3 heterocycles. The Kier molecular flexibility index (Phi) is 7.10. The Bertz CT molecular complexity index is 1600. The summed E-state index contributed by atoms with van der Waals surface area (Å²) >= 11 is 1.32. The van der Waals surface area contributed by atoms with Gasteiger partial charge in [-0.3, -0.25) is 4.79 Å². The Morgan fingerprint density at radius 2 is 2.00 bits per heavy atom. The van der Waals surface area contributed by atoms with Crippen LogP contribution in [0.25, 0.3) is 32.5 Å². The molecule has 0 radical (unpaired) electrons. The molecule has 0 aliphatic carbocycles. The number of hydrogen-bond donors (Lipinski definition) is 1. The number of carbonyl (C=O) groups excluding carboxylic acids is 2. The number of aromatic nitrogens is 1. The van der Waals surface area contributed by atoms with Gasteiger partial charge in [0.2, 0.25) is 0 Å². The normalized spacial score (nSPS) is 15.7. The average molecular weight is 547 g/mol. The fraction of sp³-hybridized carbons (Fsp3) is 0.310. The lowest BCUT2D eigenvalue weighted by Gasteiger charge is -2.33. The summed E-state index contributed by atoms with van der Waals surface area (Å²) in [5.41, 5.74) is 2.05. The van der Waals surface area contributed by atoms with Gasteiger partial charge in [0.05, 0.1) is 16.6 Å². The second-order valence-electron chi connectivity index (χ2n) is 10.5. The molecule has 0 spiro atoms. The number of piperidine rings is 1. The number of ether oxygens (including phenoxy) is 1. The number of rotatable bonds is 4. The Morgan fingerprint density at radius 3 is 2.74 bits per heavy atom. The summed E-state index contributed by atoms with van der Waals surface area (Å²) in [6.45, 7) is 6.33. The van der Waals surface area contributed by atoms with Gasteiger partial charge in [-0.05, 0) is 81.1 Å².